The second kappa shape index (κ2) is 9.22. The maximum atomic E-state index is 13.1. The molecule has 4 aromatic rings. The van der Waals surface area contributed by atoms with Crippen LogP contribution in [0.1, 0.15) is 27.3 Å². The zero-order valence-corrected chi connectivity index (χ0v) is 19.6. The second-order valence-electron chi connectivity index (χ2n) is 7.97. The number of aryl methyl sites for hydroxylation is 2. The Morgan fingerprint density at radius 1 is 1.00 bits per heavy atom. The summed E-state index contributed by atoms with van der Waals surface area (Å²) < 4.78 is 25.4. The third kappa shape index (κ3) is 4.76. The van der Waals surface area contributed by atoms with Gasteiger partial charge in [0.25, 0.3) is 5.91 Å². The van der Waals surface area contributed by atoms with Crippen LogP contribution in [0.2, 0.25) is 0 Å². The number of carbonyl (C=O) groups excluding carboxylic acids is 1. The van der Waals surface area contributed by atoms with Gasteiger partial charge in [-0.15, -0.1) is 0 Å². The van der Waals surface area contributed by atoms with Gasteiger partial charge in [-0.05, 0) is 66.9 Å². The number of amides is 1. The van der Waals surface area contributed by atoms with Crippen LogP contribution in [0.4, 0.5) is 5.69 Å². The summed E-state index contributed by atoms with van der Waals surface area (Å²) in [5.74, 6) is -0.326. The van der Waals surface area contributed by atoms with Gasteiger partial charge in [0.2, 0.25) is 10.0 Å². The molecule has 0 aliphatic rings. The number of anilines is 1. The Kier molecular flexibility index (Phi) is 6.34. The van der Waals surface area contributed by atoms with Crippen molar-refractivity contribution in [3.63, 3.8) is 0 Å². The van der Waals surface area contributed by atoms with Gasteiger partial charge < -0.3 is 11.1 Å². The number of aromatic nitrogens is 2. The fourth-order valence-corrected chi connectivity index (χ4v) is 4.51. The number of rotatable bonds is 6. The Labute approximate surface area is 198 Å². The van der Waals surface area contributed by atoms with Crippen molar-refractivity contribution in [1.29, 1.82) is 0 Å². The summed E-state index contributed by atoms with van der Waals surface area (Å²) in [5.41, 5.74) is 11.4. The van der Waals surface area contributed by atoms with Crippen molar-refractivity contribution in [1.82, 2.24) is 9.78 Å². The van der Waals surface area contributed by atoms with Gasteiger partial charge in [0.1, 0.15) is 5.69 Å². The first-order chi connectivity index (χ1) is 16.2. The van der Waals surface area contributed by atoms with E-state index in [1.165, 1.54) is 6.07 Å². The Hall–Kier alpha value is -3.79. The highest BCUT2D eigenvalue weighted by molar-refractivity contribution is 7.89. The van der Waals surface area contributed by atoms with Gasteiger partial charge in [-0.25, -0.2) is 18.2 Å². The molecule has 34 heavy (non-hydrogen) atoms. The molecule has 0 aliphatic heterocycles. The number of benzene rings is 3. The molecule has 5 N–H and O–H groups in total. The lowest BCUT2D eigenvalue weighted by Crippen LogP contribution is -2.17. The van der Waals surface area contributed by atoms with E-state index in [2.05, 4.69) is 10.4 Å². The van der Waals surface area contributed by atoms with Gasteiger partial charge >= 0.3 is 0 Å². The molecular weight excluding hydrogens is 450 g/mol. The molecule has 1 heterocycles. The average Bonchev–Trinajstić information content (AvgIpc) is 3.21. The fourth-order valence-electron chi connectivity index (χ4n) is 3.75. The zero-order valence-electron chi connectivity index (χ0n) is 18.8. The lowest BCUT2D eigenvalue weighted by molar-refractivity contribution is 0.101. The molecule has 0 aliphatic carbocycles. The van der Waals surface area contributed by atoms with Gasteiger partial charge in [0.05, 0.1) is 16.3 Å². The molecule has 0 saturated carbocycles. The summed E-state index contributed by atoms with van der Waals surface area (Å²) in [4.78, 5) is 13.1. The van der Waals surface area contributed by atoms with Crippen LogP contribution in [-0.4, -0.2) is 24.1 Å². The topological polar surface area (TPSA) is 133 Å². The van der Waals surface area contributed by atoms with Gasteiger partial charge in [0.15, 0.2) is 0 Å². The van der Waals surface area contributed by atoms with E-state index in [-0.39, 0.29) is 10.8 Å². The second-order valence-corrected chi connectivity index (χ2v) is 9.50. The van der Waals surface area contributed by atoms with Crippen molar-refractivity contribution < 1.29 is 13.2 Å². The molecule has 8 nitrogen and oxygen atoms in total. The molecule has 174 valence electrons. The molecule has 0 saturated heterocycles. The van der Waals surface area contributed by atoms with E-state index in [4.69, 9.17) is 10.9 Å². The molecule has 4 rings (SSSR count). The highest BCUT2D eigenvalue weighted by atomic mass is 32.2. The van der Waals surface area contributed by atoms with Gasteiger partial charge in [-0.1, -0.05) is 36.4 Å². The average molecular weight is 476 g/mol. The normalized spacial score (nSPS) is 11.4. The van der Waals surface area contributed by atoms with E-state index >= 15 is 0 Å². The first kappa shape index (κ1) is 23.4. The summed E-state index contributed by atoms with van der Waals surface area (Å²) in [6, 6.07) is 20.9. The maximum Gasteiger partial charge on any atom is 0.274 e. The van der Waals surface area contributed by atoms with E-state index in [0.29, 0.717) is 34.7 Å². The first-order valence-corrected chi connectivity index (χ1v) is 12.1. The number of primary sulfonamides is 1. The largest absolute Gasteiger partial charge is 0.326 e. The molecule has 0 unspecified atom stereocenters. The van der Waals surface area contributed by atoms with Crippen molar-refractivity contribution >= 4 is 21.6 Å². The zero-order chi connectivity index (χ0) is 24.5. The third-order valence-corrected chi connectivity index (χ3v) is 6.48. The highest BCUT2D eigenvalue weighted by Crippen LogP contribution is 2.28. The van der Waals surface area contributed by atoms with Crippen molar-refractivity contribution in [2.75, 3.05) is 5.32 Å². The van der Waals surface area contributed by atoms with Crippen molar-refractivity contribution in [3.05, 3.63) is 95.3 Å². The molecule has 0 fully saturated rings. The molecule has 0 atom stereocenters. The Morgan fingerprint density at radius 2 is 1.71 bits per heavy atom. The number of nitrogens with one attached hydrogen (secondary N) is 1. The number of carbonyl (C=O) groups is 1. The van der Waals surface area contributed by atoms with Gasteiger partial charge in [-0.2, -0.15) is 5.10 Å². The van der Waals surface area contributed by atoms with E-state index < -0.39 is 10.0 Å². The van der Waals surface area contributed by atoms with Crippen molar-refractivity contribution in [2.45, 2.75) is 25.3 Å². The van der Waals surface area contributed by atoms with Crippen LogP contribution in [0.3, 0.4) is 0 Å². The SMILES string of the molecule is Cc1cc(C(=O)Nc2ccc(-c3ccccc3S(N)(=O)=O)cc2)n(-c2ccc(C)c(CN)c2)n1. The number of nitrogens with two attached hydrogens (primary N) is 2. The number of hydrogen-bond acceptors (Lipinski definition) is 5. The van der Waals surface area contributed by atoms with Crippen LogP contribution in [0.25, 0.3) is 16.8 Å². The van der Waals surface area contributed by atoms with Crippen LogP contribution in [0, 0.1) is 13.8 Å². The quantitative estimate of drug-likeness (QED) is 0.392. The molecule has 0 spiro atoms. The molecule has 3 aromatic carbocycles. The lowest BCUT2D eigenvalue weighted by atomic mass is 10.1. The Bertz CT molecular complexity index is 1470. The fraction of sp³-hybridized carbons (Fsp3) is 0.120. The number of hydrogen-bond donors (Lipinski definition) is 3. The minimum Gasteiger partial charge on any atom is -0.326 e. The monoisotopic (exact) mass is 475 g/mol. The molecule has 1 aromatic heterocycles. The van der Waals surface area contributed by atoms with Crippen LogP contribution in [-0.2, 0) is 16.6 Å². The predicted molar refractivity (Wildman–Crippen MR) is 132 cm³/mol. The number of nitrogens with zero attached hydrogens (tertiary/aromatic N) is 2. The molecule has 9 heteroatoms. The smallest absolute Gasteiger partial charge is 0.274 e. The molecular formula is C25H25N5O3S. The summed E-state index contributed by atoms with van der Waals surface area (Å²) in [6.45, 7) is 4.20. The van der Waals surface area contributed by atoms with E-state index in [1.807, 2.05) is 32.0 Å². The van der Waals surface area contributed by atoms with E-state index in [0.717, 1.165) is 16.8 Å². The van der Waals surface area contributed by atoms with Crippen LogP contribution in [0.15, 0.2) is 77.7 Å². The van der Waals surface area contributed by atoms with E-state index in [9.17, 15) is 13.2 Å². The summed E-state index contributed by atoms with van der Waals surface area (Å²) in [7, 11) is -3.87. The molecule has 1 amide bonds. The predicted octanol–water partition coefficient (Wildman–Crippen LogP) is 3.51. The third-order valence-electron chi connectivity index (χ3n) is 5.51. The van der Waals surface area contributed by atoms with Gasteiger partial charge in [0, 0.05) is 17.8 Å². The maximum absolute atomic E-state index is 13.1. The Balaban J connectivity index is 1.61. The van der Waals surface area contributed by atoms with Crippen LogP contribution in [0.5, 0.6) is 0 Å². The van der Waals surface area contributed by atoms with Crippen molar-refractivity contribution in [3.8, 4) is 16.8 Å². The van der Waals surface area contributed by atoms with E-state index in [1.54, 1.807) is 53.2 Å². The molecule has 0 bridgehead atoms. The number of sulfonamides is 1. The minimum atomic E-state index is -3.87. The standard InChI is InChI=1S/C25H25N5O3S/c1-16-7-12-21(14-19(16)15-26)30-23(13-17(2)29-30)25(31)28-20-10-8-18(9-11-20)22-5-3-4-6-24(22)34(27,32)33/h3-14H,15,26H2,1-2H3,(H,28,31)(H2,27,32,33). The van der Waals surface area contributed by atoms with Crippen molar-refractivity contribution in [2.24, 2.45) is 10.9 Å². The van der Waals surface area contributed by atoms with Crippen LogP contribution < -0.4 is 16.2 Å². The summed E-state index contributed by atoms with van der Waals surface area (Å²) in [5, 5.41) is 12.7. The first-order valence-electron chi connectivity index (χ1n) is 10.6. The summed E-state index contributed by atoms with van der Waals surface area (Å²) in [6.07, 6.45) is 0. The van der Waals surface area contributed by atoms with Crippen LogP contribution >= 0.6 is 0 Å². The molecule has 0 radical (unpaired) electrons. The Morgan fingerprint density at radius 3 is 2.38 bits per heavy atom. The van der Waals surface area contributed by atoms with Gasteiger partial charge in [-0.3, -0.25) is 4.79 Å². The highest BCUT2D eigenvalue weighted by Gasteiger charge is 2.17. The minimum absolute atomic E-state index is 0.0427. The lowest BCUT2D eigenvalue weighted by Gasteiger charge is -2.12. The summed E-state index contributed by atoms with van der Waals surface area (Å²) >= 11 is 0.